The molecule has 3 atom stereocenters. The number of benzene rings is 1. The van der Waals surface area contributed by atoms with Gasteiger partial charge < -0.3 is 4.74 Å². The minimum Gasteiger partial charge on any atom is -0.457 e. The third-order valence-electron chi connectivity index (χ3n) is 3.54. The van der Waals surface area contributed by atoms with E-state index in [-0.39, 0.29) is 23.4 Å². The Bertz CT molecular complexity index is 391. The number of halogens is 1. The number of carbonyl (C=O) groups excluding carboxylic acids is 1. The molecular formula is C15H19ClO2. The third-order valence-corrected chi connectivity index (χ3v) is 4.08. The highest BCUT2D eigenvalue weighted by Crippen LogP contribution is 2.39. The Morgan fingerprint density at radius 3 is 2.56 bits per heavy atom. The quantitative estimate of drug-likeness (QED) is 0.608. The molecule has 0 aromatic heterocycles. The van der Waals surface area contributed by atoms with Crippen molar-refractivity contribution < 1.29 is 9.53 Å². The molecule has 0 unspecified atom stereocenters. The standard InChI is InChI=1S/C15H19ClO2/c1-11(17)18-15(12-7-3-2-4-8-12)13-9-5-6-10-14(13)16/h2-4,7-8,13-15H,5-6,9-10H2,1H3/t13-,14-,15+/m1/s1. The van der Waals surface area contributed by atoms with Crippen molar-refractivity contribution >= 4 is 17.6 Å². The SMILES string of the molecule is CC(=O)O[C@@H](c1ccccc1)[C@@H]1CCCC[C@H]1Cl. The normalized spacial score (nSPS) is 25.4. The van der Waals surface area contributed by atoms with Gasteiger partial charge in [0.2, 0.25) is 0 Å². The lowest BCUT2D eigenvalue weighted by Gasteiger charge is -2.33. The largest absolute Gasteiger partial charge is 0.457 e. The molecule has 0 N–H and O–H groups in total. The van der Waals surface area contributed by atoms with Gasteiger partial charge >= 0.3 is 5.97 Å². The van der Waals surface area contributed by atoms with Crippen molar-refractivity contribution in [3.63, 3.8) is 0 Å². The molecule has 2 nitrogen and oxygen atoms in total. The van der Waals surface area contributed by atoms with E-state index in [1.54, 1.807) is 0 Å². The fourth-order valence-corrected chi connectivity index (χ4v) is 3.09. The van der Waals surface area contributed by atoms with Crippen LogP contribution >= 0.6 is 11.6 Å². The van der Waals surface area contributed by atoms with Crippen LogP contribution in [0, 0.1) is 5.92 Å². The smallest absolute Gasteiger partial charge is 0.303 e. The molecule has 1 saturated carbocycles. The first-order chi connectivity index (χ1) is 8.68. The summed E-state index contributed by atoms with van der Waals surface area (Å²) in [5, 5.41) is 0.100. The van der Waals surface area contributed by atoms with Gasteiger partial charge in [0.05, 0.1) is 0 Å². The van der Waals surface area contributed by atoms with Gasteiger partial charge in [-0.2, -0.15) is 0 Å². The van der Waals surface area contributed by atoms with Gasteiger partial charge in [-0.15, -0.1) is 11.6 Å². The van der Waals surface area contributed by atoms with Crippen LogP contribution in [0.25, 0.3) is 0 Å². The van der Waals surface area contributed by atoms with E-state index in [4.69, 9.17) is 16.3 Å². The van der Waals surface area contributed by atoms with Gasteiger partial charge in [0.1, 0.15) is 6.10 Å². The molecule has 98 valence electrons. The van der Waals surface area contributed by atoms with Gasteiger partial charge in [0.25, 0.3) is 0 Å². The summed E-state index contributed by atoms with van der Waals surface area (Å²) < 4.78 is 5.52. The second-order valence-corrected chi connectivity index (χ2v) is 5.47. The van der Waals surface area contributed by atoms with Gasteiger partial charge in [-0.3, -0.25) is 4.79 Å². The zero-order valence-corrected chi connectivity index (χ0v) is 11.4. The number of hydrogen-bond donors (Lipinski definition) is 0. The zero-order chi connectivity index (χ0) is 13.0. The monoisotopic (exact) mass is 266 g/mol. The van der Waals surface area contributed by atoms with Gasteiger partial charge in [-0.05, 0) is 18.4 Å². The Kier molecular flexibility index (Phi) is 4.65. The van der Waals surface area contributed by atoms with Crippen LogP contribution in [0.15, 0.2) is 30.3 Å². The lowest BCUT2D eigenvalue weighted by molar-refractivity contribution is -0.150. The molecule has 3 heteroatoms. The maximum atomic E-state index is 11.3. The molecule has 0 bridgehead atoms. The average molecular weight is 267 g/mol. The Labute approximate surface area is 113 Å². The first kappa shape index (κ1) is 13.4. The van der Waals surface area contributed by atoms with Gasteiger partial charge in [-0.25, -0.2) is 0 Å². The second kappa shape index (κ2) is 6.24. The van der Waals surface area contributed by atoms with Crippen LogP contribution in [-0.2, 0) is 9.53 Å². The van der Waals surface area contributed by atoms with E-state index >= 15 is 0 Å². The van der Waals surface area contributed by atoms with E-state index in [9.17, 15) is 4.79 Å². The van der Waals surface area contributed by atoms with Crippen LogP contribution in [0.5, 0.6) is 0 Å². The molecule has 1 aliphatic rings. The van der Waals surface area contributed by atoms with Gasteiger partial charge in [0.15, 0.2) is 0 Å². The summed E-state index contributed by atoms with van der Waals surface area (Å²) in [5.74, 6) is -0.00925. The summed E-state index contributed by atoms with van der Waals surface area (Å²) >= 11 is 6.42. The van der Waals surface area contributed by atoms with Gasteiger partial charge in [-0.1, -0.05) is 43.2 Å². The molecule has 2 rings (SSSR count). The molecule has 1 aromatic carbocycles. The Morgan fingerprint density at radius 2 is 1.94 bits per heavy atom. The molecule has 1 aliphatic carbocycles. The first-order valence-electron chi connectivity index (χ1n) is 6.54. The number of carbonyl (C=O) groups is 1. The fourth-order valence-electron chi connectivity index (χ4n) is 2.68. The molecule has 18 heavy (non-hydrogen) atoms. The third kappa shape index (κ3) is 3.26. The van der Waals surface area contributed by atoms with E-state index in [1.165, 1.54) is 19.8 Å². The number of ether oxygens (including phenoxy) is 1. The van der Waals surface area contributed by atoms with Crippen molar-refractivity contribution in [2.24, 2.45) is 5.92 Å². The molecule has 0 aliphatic heterocycles. The highest BCUT2D eigenvalue weighted by molar-refractivity contribution is 6.20. The van der Waals surface area contributed by atoms with Crippen LogP contribution in [-0.4, -0.2) is 11.3 Å². The second-order valence-electron chi connectivity index (χ2n) is 4.91. The summed E-state index contributed by atoms with van der Waals surface area (Å²) in [7, 11) is 0. The van der Waals surface area contributed by atoms with Crippen molar-refractivity contribution in [3.05, 3.63) is 35.9 Å². The van der Waals surface area contributed by atoms with E-state index in [0.717, 1.165) is 18.4 Å². The van der Waals surface area contributed by atoms with Crippen LogP contribution in [0.2, 0.25) is 0 Å². The van der Waals surface area contributed by atoms with Gasteiger partial charge in [0, 0.05) is 18.2 Å². The van der Waals surface area contributed by atoms with Crippen LogP contribution in [0.4, 0.5) is 0 Å². The predicted octanol–water partition coefficient (Wildman–Crippen LogP) is 4.09. The number of esters is 1. The highest BCUT2D eigenvalue weighted by atomic mass is 35.5. The lowest BCUT2D eigenvalue weighted by atomic mass is 9.82. The molecule has 1 aromatic rings. The van der Waals surface area contributed by atoms with Crippen molar-refractivity contribution in [3.8, 4) is 0 Å². The van der Waals surface area contributed by atoms with Crippen molar-refractivity contribution in [2.45, 2.75) is 44.1 Å². The Hall–Kier alpha value is -1.02. The van der Waals surface area contributed by atoms with E-state index in [2.05, 4.69) is 0 Å². The topological polar surface area (TPSA) is 26.3 Å². The van der Waals surface area contributed by atoms with Crippen molar-refractivity contribution in [1.82, 2.24) is 0 Å². The Balaban J connectivity index is 2.21. The maximum Gasteiger partial charge on any atom is 0.303 e. The molecule has 0 saturated heterocycles. The Morgan fingerprint density at radius 1 is 1.28 bits per heavy atom. The average Bonchev–Trinajstić information content (AvgIpc) is 2.38. The number of alkyl halides is 1. The number of rotatable bonds is 3. The summed E-state index contributed by atoms with van der Waals surface area (Å²) in [6, 6.07) is 9.92. The summed E-state index contributed by atoms with van der Waals surface area (Å²) in [4.78, 5) is 11.3. The van der Waals surface area contributed by atoms with Crippen molar-refractivity contribution in [1.29, 1.82) is 0 Å². The molecule has 0 amide bonds. The lowest BCUT2D eigenvalue weighted by Crippen LogP contribution is -2.29. The molecule has 0 spiro atoms. The molecule has 0 radical (unpaired) electrons. The summed E-state index contributed by atoms with van der Waals surface area (Å²) in [6.07, 6.45) is 4.18. The van der Waals surface area contributed by atoms with Crippen LogP contribution in [0.1, 0.15) is 44.3 Å². The number of hydrogen-bond acceptors (Lipinski definition) is 2. The molecule has 1 fully saturated rings. The van der Waals surface area contributed by atoms with Crippen LogP contribution in [0.3, 0.4) is 0 Å². The summed E-state index contributed by atoms with van der Waals surface area (Å²) in [5.41, 5.74) is 1.05. The van der Waals surface area contributed by atoms with E-state index in [0.29, 0.717) is 0 Å². The predicted molar refractivity (Wildman–Crippen MR) is 72.5 cm³/mol. The molecule has 0 heterocycles. The fraction of sp³-hybridized carbons (Fsp3) is 0.533. The highest BCUT2D eigenvalue weighted by Gasteiger charge is 2.33. The molecular weight excluding hydrogens is 248 g/mol. The minimum atomic E-state index is -0.238. The van der Waals surface area contributed by atoms with Crippen molar-refractivity contribution in [2.75, 3.05) is 0 Å². The first-order valence-corrected chi connectivity index (χ1v) is 6.98. The maximum absolute atomic E-state index is 11.3. The minimum absolute atomic E-state index is 0.100. The van der Waals surface area contributed by atoms with E-state index in [1.807, 2.05) is 30.3 Å². The van der Waals surface area contributed by atoms with Crippen LogP contribution < -0.4 is 0 Å². The summed E-state index contributed by atoms with van der Waals surface area (Å²) in [6.45, 7) is 1.46. The van der Waals surface area contributed by atoms with E-state index < -0.39 is 0 Å². The zero-order valence-electron chi connectivity index (χ0n) is 10.6.